The third kappa shape index (κ3) is 7.91. The van der Waals surface area contributed by atoms with Crippen LogP contribution in [0.25, 0.3) is 0 Å². The number of carbonyl (C=O) groups is 2. The molecule has 0 bridgehead atoms. The molecule has 1 atom stereocenters. The molecule has 33 heavy (non-hydrogen) atoms. The standard InChI is InChI=1S/C17H15ClFN3O3.C5H11N.C2H4/c1-10-17(25)22(16-14(19)6-13(23)7-20-16)9-15(24)21(10)8-11-2-4-12(18)5-3-11;1-3-4-5(2)6;1-2/h2-7,10,23H,8-9H2,1H3;2-4,6H2,1H3;1-2H2. The molecule has 1 fully saturated rings. The molecule has 2 aromatic rings. The fourth-order valence-corrected chi connectivity index (χ4v) is 3.14. The van der Waals surface area contributed by atoms with Crippen LogP contribution in [-0.2, 0) is 16.1 Å². The molecule has 0 spiro atoms. The van der Waals surface area contributed by atoms with E-state index in [0.717, 1.165) is 41.3 Å². The number of hydrogen-bond donors (Lipinski definition) is 2. The van der Waals surface area contributed by atoms with Gasteiger partial charge in [-0.15, -0.1) is 13.2 Å². The van der Waals surface area contributed by atoms with Crippen molar-refractivity contribution in [3.8, 4) is 5.75 Å². The smallest absolute Gasteiger partial charge is 0.251 e. The van der Waals surface area contributed by atoms with Crippen molar-refractivity contribution in [2.45, 2.75) is 39.3 Å². The highest BCUT2D eigenvalue weighted by Gasteiger charge is 2.38. The zero-order valence-corrected chi connectivity index (χ0v) is 19.7. The summed E-state index contributed by atoms with van der Waals surface area (Å²) in [7, 11) is 0. The Morgan fingerprint density at radius 3 is 2.39 bits per heavy atom. The van der Waals surface area contributed by atoms with E-state index in [-0.39, 0.29) is 30.6 Å². The Kier molecular flexibility index (Phi) is 11.1. The molecule has 3 rings (SSSR count). The lowest BCUT2D eigenvalue weighted by Crippen LogP contribution is -2.59. The van der Waals surface area contributed by atoms with Crippen LogP contribution in [0.3, 0.4) is 0 Å². The first-order valence-electron chi connectivity index (χ1n) is 10.3. The van der Waals surface area contributed by atoms with Crippen molar-refractivity contribution in [3.63, 3.8) is 0 Å². The summed E-state index contributed by atoms with van der Waals surface area (Å²) in [6.45, 7) is 13.1. The third-order valence-electron chi connectivity index (χ3n) is 4.60. The first kappa shape index (κ1) is 27.6. The predicted molar refractivity (Wildman–Crippen MR) is 129 cm³/mol. The van der Waals surface area contributed by atoms with Crippen LogP contribution in [0.2, 0.25) is 5.02 Å². The lowest BCUT2D eigenvalue weighted by molar-refractivity contribution is -0.143. The van der Waals surface area contributed by atoms with Crippen LogP contribution in [0.1, 0.15) is 32.3 Å². The van der Waals surface area contributed by atoms with Crippen molar-refractivity contribution in [1.29, 1.82) is 0 Å². The Morgan fingerprint density at radius 1 is 1.30 bits per heavy atom. The number of amides is 2. The summed E-state index contributed by atoms with van der Waals surface area (Å²) in [5.74, 6) is -2.25. The zero-order valence-electron chi connectivity index (χ0n) is 18.9. The number of halogens is 2. The average Bonchev–Trinajstić information content (AvgIpc) is 2.77. The van der Waals surface area contributed by atoms with E-state index in [4.69, 9.17) is 17.3 Å². The van der Waals surface area contributed by atoms with Crippen LogP contribution in [0.4, 0.5) is 10.2 Å². The second-order valence-corrected chi connectivity index (χ2v) is 7.59. The number of benzene rings is 1. The quantitative estimate of drug-likeness (QED) is 0.623. The van der Waals surface area contributed by atoms with E-state index in [1.165, 1.54) is 4.90 Å². The van der Waals surface area contributed by atoms with Crippen molar-refractivity contribution in [1.82, 2.24) is 9.88 Å². The maximum absolute atomic E-state index is 14.0. The first-order chi connectivity index (χ1) is 15.6. The highest BCUT2D eigenvalue weighted by Crippen LogP contribution is 2.25. The normalized spacial score (nSPS) is 15.2. The molecule has 1 aromatic carbocycles. The summed E-state index contributed by atoms with van der Waals surface area (Å²) in [5, 5.41) is 9.82. The van der Waals surface area contributed by atoms with E-state index in [1.54, 1.807) is 31.2 Å². The molecule has 1 unspecified atom stereocenters. The second-order valence-electron chi connectivity index (χ2n) is 7.16. The fraction of sp³-hybridized carbons (Fsp3) is 0.292. The molecular weight excluding hydrogens is 447 g/mol. The summed E-state index contributed by atoms with van der Waals surface area (Å²) in [6.07, 6.45) is 3.09. The number of rotatable bonds is 5. The van der Waals surface area contributed by atoms with E-state index in [1.807, 2.05) is 0 Å². The summed E-state index contributed by atoms with van der Waals surface area (Å²) in [4.78, 5) is 31.3. The van der Waals surface area contributed by atoms with Gasteiger partial charge in [0.25, 0.3) is 5.91 Å². The van der Waals surface area contributed by atoms with Gasteiger partial charge in [-0.2, -0.15) is 0 Å². The van der Waals surface area contributed by atoms with Gasteiger partial charge in [0.05, 0.1) is 6.20 Å². The van der Waals surface area contributed by atoms with Crippen molar-refractivity contribution in [3.05, 3.63) is 78.4 Å². The van der Waals surface area contributed by atoms with Crippen LogP contribution in [0, 0.1) is 5.82 Å². The van der Waals surface area contributed by atoms with Gasteiger partial charge in [-0.05, 0) is 31.0 Å². The monoisotopic (exact) mass is 476 g/mol. The largest absolute Gasteiger partial charge is 0.506 e. The van der Waals surface area contributed by atoms with Gasteiger partial charge in [-0.1, -0.05) is 43.7 Å². The Bertz CT molecular complexity index is 969. The maximum Gasteiger partial charge on any atom is 0.251 e. The van der Waals surface area contributed by atoms with Gasteiger partial charge in [0.1, 0.15) is 18.3 Å². The van der Waals surface area contributed by atoms with Gasteiger partial charge < -0.3 is 15.7 Å². The van der Waals surface area contributed by atoms with Crippen LogP contribution < -0.4 is 10.6 Å². The molecule has 2 heterocycles. The molecule has 2 amide bonds. The number of piperazine rings is 1. The number of hydrogen-bond acceptors (Lipinski definition) is 5. The van der Waals surface area contributed by atoms with Gasteiger partial charge >= 0.3 is 0 Å². The molecule has 0 radical (unpaired) electrons. The van der Waals surface area contributed by atoms with E-state index < -0.39 is 17.8 Å². The molecule has 1 aromatic heterocycles. The lowest BCUT2D eigenvalue weighted by atomic mass is 10.1. The zero-order chi connectivity index (χ0) is 25.1. The summed E-state index contributed by atoms with van der Waals surface area (Å²) >= 11 is 5.85. The highest BCUT2D eigenvalue weighted by atomic mass is 35.5. The Balaban J connectivity index is 0.000000593. The molecule has 0 saturated carbocycles. The summed E-state index contributed by atoms with van der Waals surface area (Å²) < 4.78 is 14.0. The van der Waals surface area contributed by atoms with E-state index in [9.17, 15) is 19.1 Å². The summed E-state index contributed by atoms with van der Waals surface area (Å²) in [5.41, 5.74) is 6.83. The molecule has 1 saturated heterocycles. The van der Waals surface area contributed by atoms with E-state index >= 15 is 0 Å². The lowest BCUT2D eigenvalue weighted by Gasteiger charge is -2.38. The SMILES string of the molecule is C=C.C=C(N)CCC.CC1C(=O)N(c2ncc(O)cc2F)CC(=O)N1Cc1ccc(Cl)cc1. The predicted octanol–water partition coefficient (Wildman–Crippen LogP) is 4.40. The number of aromatic hydroxyl groups is 1. The molecule has 3 N–H and O–H groups in total. The number of nitrogens with zero attached hydrogens (tertiary/aromatic N) is 3. The van der Waals surface area contributed by atoms with E-state index in [2.05, 4.69) is 31.6 Å². The Hall–Kier alpha value is -3.39. The molecule has 0 aliphatic carbocycles. The van der Waals surface area contributed by atoms with Crippen LogP contribution in [0.5, 0.6) is 5.75 Å². The minimum Gasteiger partial charge on any atom is -0.506 e. The molecule has 1 aliphatic heterocycles. The van der Waals surface area contributed by atoms with Crippen molar-refractivity contribution in [2.24, 2.45) is 5.73 Å². The number of allylic oxidation sites excluding steroid dienone is 1. The number of nitrogens with two attached hydrogens (primary N) is 1. The van der Waals surface area contributed by atoms with Crippen LogP contribution in [0.15, 0.2) is 62.0 Å². The average molecular weight is 477 g/mol. The molecule has 9 heteroatoms. The molecule has 178 valence electrons. The summed E-state index contributed by atoms with van der Waals surface area (Å²) in [6, 6.07) is 7.05. The minimum absolute atomic E-state index is 0.252. The van der Waals surface area contributed by atoms with Gasteiger partial charge in [-0.25, -0.2) is 9.37 Å². The van der Waals surface area contributed by atoms with Gasteiger partial charge in [0.15, 0.2) is 11.6 Å². The van der Waals surface area contributed by atoms with Crippen LogP contribution in [-0.4, -0.2) is 39.4 Å². The van der Waals surface area contributed by atoms with Gasteiger partial charge in [0.2, 0.25) is 5.91 Å². The number of carbonyl (C=O) groups excluding carboxylic acids is 2. The highest BCUT2D eigenvalue weighted by molar-refractivity contribution is 6.30. The maximum atomic E-state index is 14.0. The van der Waals surface area contributed by atoms with Crippen LogP contribution >= 0.6 is 11.6 Å². The molecule has 7 nitrogen and oxygen atoms in total. The third-order valence-corrected chi connectivity index (χ3v) is 4.86. The van der Waals surface area contributed by atoms with Crippen molar-refractivity contribution >= 4 is 29.2 Å². The van der Waals surface area contributed by atoms with Gasteiger partial charge in [-0.3, -0.25) is 14.5 Å². The fourth-order valence-electron chi connectivity index (χ4n) is 3.01. The van der Waals surface area contributed by atoms with E-state index in [0.29, 0.717) is 5.02 Å². The first-order valence-corrected chi connectivity index (χ1v) is 10.6. The minimum atomic E-state index is -0.862. The van der Waals surface area contributed by atoms with Gasteiger partial charge in [0, 0.05) is 23.3 Å². The van der Waals surface area contributed by atoms with Crippen molar-refractivity contribution < 1.29 is 19.1 Å². The number of anilines is 1. The van der Waals surface area contributed by atoms with Crippen molar-refractivity contribution in [2.75, 3.05) is 11.4 Å². The molecule has 1 aliphatic rings. The molecular formula is C24H30ClFN4O3. The number of aromatic nitrogens is 1. The Labute approximate surface area is 199 Å². The Morgan fingerprint density at radius 2 is 1.91 bits per heavy atom. The number of pyridine rings is 1. The second kappa shape index (κ2) is 13.2. The topological polar surface area (TPSA) is 99.8 Å².